The van der Waals surface area contributed by atoms with Crippen molar-refractivity contribution >= 4 is 17.5 Å². The van der Waals surface area contributed by atoms with E-state index in [1.807, 2.05) is 13.8 Å². The van der Waals surface area contributed by atoms with Gasteiger partial charge in [-0.3, -0.25) is 0 Å². The fourth-order valence-corrected chi connectivity index (χ4v) is 2.38. The van der Waals surface area contributed by atoms with Crippen LogP contribution in [0, 0.1) is 0 Å². The minimum absolute atomic E-state index is 0.210. The molecule has 0 unspecified atom stereocenters. The average Bonchev–Trinajstić information content (AvgIpc) is 2.67. The fourth-order valence-electron chi connectivity index (χ4n) is 2.38. The molecule has 0 heterocycles. The monoisotopic (exact) mass is 359 g/mol. The van der Waals surface area contributed by atoms with Crippen LogP contribution in [0.1, 0.15) is 42.6 Å². The predicted octanol–water partition coefficient (Wildman–Crippen LogP) is 2.61. The van der Waals surface area contributed by atoms with Crippen molar-refractivity contribution in [3.8, 4) is 0 Å². The lowest BCUT2D eigenvalue weighted by Crippen LogP contribution is -2.26. The molecule has 0 saturated carbocycles. The lowest BCUT2D eigenvalue weighted by Gasteiger charge is -2.15. The third-order valence-electron chi connectivity index (χ3n) is 3.54. The Labute approximate surface area is 155 Å². The van der Waals surface area contributed by atoms with Crippen LogP contribution in [-0.2, 0) is 4.74 Å². The van der Waals surface area contributed by atoms with Crippen molar-refractivity contribution in [1.29, 1.82) is 0 Å². The van der Waals surface area contributed by atoms with Gasteiger partial charge < -0.3 is 15.8 Å². The highest BCUT2D eigenvalue weighted by atomic mass is 16.5. The molecule has 0 amide bonds. The number of amidine groups is 1. The normalized spacial score (nSPS) is 13.3. The Morgan fingerprint density at radius 1 is 1.35 bits per heavy atom. The number of hydrazone groups is 1. The number of ether oxygens (including phenoxy) is 1. The number of methoxy groups -OCH3 is 1. The molecule has 0 fully saturated rings. The van der Waals surface area contributed by atoms with E-state index in [0.29, 0.717) is 17.7 Å². The van der Waals surface area contributed by atoms with E-state index in [0.717, 1.165) is 23.6 Å². The molecule has 0 aliphatic heterocycles. The summed E-state index contributed by atoms with van der Waals surface area (Å²) in [5.74, 6) is 5.31. The van der Waals surface area contributed by atoms with Crippen molar-refractivity contribution in [2.75, 3.05) is 26.0 Å². The van der Waals surface area contributed by atoms with Gasteiger partial charge in [0.2, 0.25) is 0 Å². The number of nitrogens with two attached hydrogens (primary N) is 2. The highest BCUT2D eigenvalue weighted by molar-refractivity contribution is 6.04. The second-order valence-electron chi connectivity index (χ2n) is 5.42. The average molecular weight is 359 g/mol. The Bertz CT molecular complexity index is 693. The van der Waals surface area contributed by atoms with Crippen LogP contribution in [0.4, 0.5) is 5.69 Å². The van der Waals surface area contributed by atoms with Gasteiger partial charge in [0.05, 0.1) is 12.7 Å². The van der Waals surface area contributed by atoms with E-state index < -0.39 is 5.97 Å². The highest BCUT2D eigenvalue weighted by Crippen LogP contribution is 2.20. The second kappa shape index (κ2) is 10.9. The van der Waals surface area contributed by atoms with Gasteiger partial charge in [0, 0.05) is 24.8 Å². The van der Waals surface area contributed by atoms with Gasteiger partial charge in [0.15, 0.2) is 5.84 Å². The maximum atomic E-state index is 11.8. The van der Waals surface area contributed by atoms with Gasteiger partial charge in [0.25, 0.3) is 0 Å². The van der Waals surface area contributed by atoms with Gasteiger partial charge >= 0.3 is 5.97 Å². The van der Waals surface area contributed by atoms with Gasteiger partial charge in [-0.15, -0.1) is 5.10 Å². The van der Waals surface area contributed by atoms with Crippen molar-refractivity contribution in [2.45, 2.75) is 26.7 Å². The Morgan fingerprint density at radius 2 is 2.08 bits per heavy atom. The molecule has 1 aromatic rings. The molecule has 0 aromatic heterocycles. The first kappa shape index (κ1) is 21.2. The SMILES string of the molecule is CC.COC(=O)c1ccc(NCC2=CCCC=C2)c(/C(N)=N/N(C)N)c1. The van der Waals surface area contributed by atoms with Gasteiger partial charge in [-0.25, -0.2) is 15.8 Å². The fraction of sp³-hybridized carbons (Fsp3) is 0.368. The number of anilines is 1. The quantitative estimate of drug-likeness (QED) is 0.237. The number of rotatable bonds is 6. The number of benzene rings is 1. The summed E-state index contributed by atoms with van der Waals surface area (Å²) in [4.78, 5) is 11.8. The van der Waals surface area contributed by atoms with Crippen molar-refractivity contribution in [2.24, 2.45) is 16.7 Å². The van der Waals surface area contributed by atoms with Crippen LogP contribution < -0.4 is 16.9 Å². The number of carbonyl (C=O) groups excluding carboxylic acids is 1. The lowest BCUT2D eigenvalue weighted by atomic mass is 10.1. The molecular weight excluding hydrogens is 330 g/mol. The van der Waals surface area contributed by atoms with E-state index >= 15 is 0 Å². The molecule has 2 rings (SSSR count). The number of hydrogen-bond donors (Lipinski definition) is 3. The van der Waals surface area contributed by atoms with Crippen LogP contribution >= 0.6 is 0 Å². The van der Waals surface area contributed by atoms with Crippen LogP contribution in [0.5, 0.6) is 0 Å². The summed E-state index contributed by atoms with van der Waals surface area (Å²) in [6, 6.07) is 5.11. The minimum Gasteiger partial charge on any atom is -0.465 e. The maximum Gasteiger partial charge on any atom is 0.337 e. The first-order chi connectivity index (χ1) is 12.5. The van der Waals surface area contributed by atoms with Gasteiger partial charge in [0.1, 0.15) is 0 Å². The summed E-state index contributed by atoms with van der Waals surface area (Å²) < 4.78 is 4.75. The molecule has 26 heavy (non-hydrogen) atoms. The smallest absolute Gasteiger partial charge is 0.337 e. The topological polar surface area (TPSA) is 106 Å². The molecule has 7 heteroatoms. The molecule has 0 bridgehead atoms. The van der Waals surface area contributed by atoms with Gasteiger partial charge in [-0.1, -0.05) is 32.1 Å². The number of nitrogens with one attached hydrogen (secondary N) is 1. The van der Waals surface area contributed by atoms with Crippen molar-refractivity contribution in [3.05, 3.63) is 53.1 Å². The summed E-state index contributed by atoms with van der Waals surface area (Å²) >= 11 is 0. The van der Waals surface area contributed by atoms with E-state index in [4.69, 9.17) is 16.3 Å². The summed E-state index contributed by atoms with van der Waals surface area (Å²) in [5.41, 5.74) is 8.99. The number of hydrazine groups is 1. The molecule has 142 valence electrons. The van der Waals surface area contributed by atoms with Gasteiger partial charge in [-0.2, -0.15) is 0 Å². The molecule has 1 aliphatic rings. The maximum absolute atomic E-state index is 11.8. The van der Waals surface area contributed by atoms with Crippen molar-refractivity contribution in [3.63, 3.8) is 0 Å². The zero-order valence-corrected chi connectivity index (χ0v) is 16.0. The Morgan fingerprint density at radius 3 is 2.65 bits per heavy atom. The van der Waals surface area contributed by atoms with Crippen LogP contribution in [0.2, 0.25) is 0 Å². The number of allylic oxidation sites excluding steroid dienone is 2. The Hall–Kier alpha value is -2.80. The summed E-state index contributed by atoms with van der Waals surface area (Å²) in [5, 5.41) is 8.46. The second-order valence-corrected chi connectivity index (χ2v) is 5.42. The molecule has 0 saturated heterocycles. The van der Waals surface area contributed by atoms with Gasteiger partial charge in [-0.05, 0) is 36.6 Å². The van der Waals surface area contributed by atoms with E-state index in [-0.39, 0.29) is 5.84 Å². The molecule has 7 nitrogen and oxygen atoms in total. The van der Waals surface area contributed by atoms with Crippen LogP contribution in [0.25, 0.3) is 0 Å². The highest BCUT2D eigenvalue weighted by Gasteiger charge is 2.13. The molecular formula is C19H29N5O2. The molecule has 0 atom stereocenters. The zero-order chi connectivity index (χ0) is 19.5. The number of hydrogen-bond acceptors (Lipinski definition) is 6. The summed E-state index contributed by atoms with van der Waals surface area (Å²) in [7, 11) is 2.91. The number of nitrogens with zero attached hydrogens (tertiary/aromatic N) is 2. The zero-order valence-electron chi connectivity index (χ0n) is 16.0. The number of carbonyl (C=O) groups is 1. The van der Waals surface area contributed by atoms with Crippen LogP contribution in [-0.4, -0.2) is 37.6 Å². The lowest BCUT2D eigenvalue weighted by molar-refractivity contribution is 0.0600. The van der Waals surface area contributed by atoms with E-state index in [9.17, 15) is 4.79 Å². The molecule has 5 N–H and O–H groups in total. The molecule has 0 radical (unpaired) electrons. The Kier molecular flexibility index (Phi) is 8.94. The largest absolute Gasteiger partial charge is 0.465 e. The molecule has 1 aromatic carbocycles. The van der Waals surface area contributed by atoms with Crippen LogP contribution in [0.15, 0.2) is 47.1 Å². The summed E-state index contributed by atoms with van der Waals surface area (Å²) in [6.07, 6.45) is 8.57. The van der Waals surface area contributed by atoms with Crippen molar-refractivity contribution in [1.82, 2.24) is 5.12 Å². The Balaban J connectivity index is 0.00000163. The number of esters is 1. The first-order valence-electron chi connectivity index (χ1n) is 8.66. The van der Waals surface area contributed by atoms with E-state index in [1.54, 1.807) is 25.2 Å². The van der Waals surface area contributed by atoms with E-state index in [2.05, 4.69) is 28.6 Å². The van der Waals surface area contributed by atoms with Crippen molar-refractivity contribution < 1.29 is 9.53 Å². The summed E-state index contributed by atoms with van der Waals surface area (Å²) in [6.45, 7) is 4.66. The molecule has 1 aliphatic carbocycles. The first-order valence-corrected chi connectivity index (χ1v) is 8.66. The predicted molar refractivity (Wildman–Crippen MR) is 107 cm³/mol. The third-order valence-corrected chi connectivity index (χ3v) is 3.54. The van der Waals surface area contributed by atoms with E-state index in [1.165, 1.54) is 12.7 Å². The molecule has 0 spiro atoms. The third kappa shape index (κ3) is 6.25. The standard InChI is InChI=1S/C17H23N5O2.C2H6/c1-22(19)21-16(18)14-10-13(17(23)24-2)8-9-15(14)20-11-12-6-4-3-5-7-12;1-2/h4,6-10,20H,3,5,11,19H2,1-2H3,(H2,18,21);1-2H3. The minimum atomic E-state index is -0.436. The van der Waals surface area contributed by atoms with Crippen LogP contribution in [0.3, 0.4) is 0 Å².